The molecule has 0 amide bonds. The van der Waals surface area contributed by atoms with Gasteiger partial charge in [0.1, 0.15) is 5.69 Å². The van der Waals surface area contributed by atoms with Crippen LogP contribution in [0.4, 0.5) is 0 Å². The van der Waals surface area contributed by atoms with Gasteiger partial charge in [-0.15, -0.1) is 0 Å². The Labute approximate surface area is 136 Å². The van der Waals surface area contributed by atoms with E-state index < -0.39 is 5.97 Å². The van der Waals surface area contributed by atoms with Gasteiger partial charge in [0, 0.05) is 34.0 Å². The van der Waals surface area contributed by atoms with Crippen molar-refractivity contribution in [1.82, 2.24) is 9.97 Å². The molecule has 0 aliphatic carbocycles. The number of hydrogen-bond donors (Lipinski definition) is 1. The van der Waals surface area contributed by atoms with Crippen molar-refractivity contribution in [2.24, 2.45) is 0 Å². The molecular formula is C17H12ClN2O3-. The molecule has 0 aliphatic rings. The first-order valence-corrected chi connectivity index (χ1v) is 7.32. The molecule has 3 aromatic rings. The van der Waals surface area contributed by atoms with E-state index in [4.69, 9.17) is 11.6 Å². The lowest BCUT2D eigenvalue weighted by atomic mass is 10.0. The predicted molar refractivity (Wildman–Crippen MR) is 84.4 cm³/mol. The van der Waals surface area contributed by atoms with E-state index in [0.717, 1.165) is 0 Å². The fraction of sp³-hybridized carbons (Fsp3) is 0.118. The number of aryl methyl sites for hydroxylation is 1. The average Bonchev–Trinajstić information content (AvgIpc) is 2.84. The Morgan fingerprint density at radius 1 is 1.26 bits per heavy atom. The third-order valence-corrected chi connectivity index (χ3v) is 3.77. The molecule has 23 heavy (non-hydrogen) atoms. The van der Waals surface area contributed by atoms with Crippen LogP contribution in [0.15, 0.2) is 36.4 Å². The Balaban J connectivity index is 2.19. The van der Waals surface area contributed by atoms with Gasteiger partial charge in [0.15, 0.2) is 0 Å². The summed E-state index contributed by atoms with van der Waals surface area (Å²) in [6.45, 7) is 1.78. The lowest BCUT2D eigenvalue weighted by Crippen LogP contribution is -2.25. The highest BCUT2D eigenvalue weighted by atomic mass is 35.5. The van der Waals surface area contributed by atoms with Gasteiger partial charge in [-0.1, -0.05) is 17.7 Å². The van der Waals surface area contributed by atoms with Crippen LogP contribution in [0.5, 0.6) is 0 Å². The minimum absolute atomic E-state index is 0.199. The van der Waals surface area contributed by atoms with Gasteiger partial charge in [0.2, 0.25) is 5.78 Å². The number of carbonyl (C=O) groups is 2. The molecule has 1 N–H and O–H groups in total. The number of fused-ring (bicyclic) bond motifs is 1. The SMILES string of the molecule is Cc1cccc(C(=O)c2[nH]c3ccc(Cl)cc3c2CC(=O)[O-])n1. The number of H-pyrrole nitrogens is 1. The Morgan fingerprint density at radius 2 is 2.04 bits per heavy atom. The van der Waals surface area contributed by atoms with Crippen molar-refractivity contribution in [1.29, 1.82) is 0 Å². The largest absolute Gasteiger partial charge is 0.550 e. The minimum atomic E-state index is -1.27. The number of nitrogens with one attached hydrogen (secondary N) is 1. The first kappa shape index (κ1) is 15.2. The number of pyridine rings is 1. The molecule has 0 bridgehead atoms. The van der Waals surface area contributed by atoms with E-state index in [2.05, 4.69) is 9.97 Å². The average molecular weight is 328 g/mol. The van der Waals surface area contributed by atoms with Gasteiger partial charge in [0.25, 0.3) is 0 Å². The van der Waals surface area contributed by atoms with E-state index >= 15 is 0 Å². The number of ketones is 1. The number of halogens is 1. The molecule has 3 rings (SSSR count). The summed E-state index contributed by atoms with van der Waals surface area (Å²) in [6.07, 6.45) is -0.382. The second kappa shape index (κ2) is 5.85. The van der Waals surface area contributed by atoms with Crippen LogP contribution in [-0.2, 0) is 11.2 Å². The molecule has 1 aromatic carbocycles. The molecule has 6 heteroatoms. The van der Waals surface area contributed by atoms with Crippen LogP contribution >= 0.6 is 11.6 Å². The van der Waals surface area contributed by atoms with Crippen molar-refractivity contribution in [2.45, 2.75) is 13.3 Å². The highest BCUT2D eigenvalue weighted by molar-refractivity contribution is 6.31. The van der Waals surface area contributed by atoms with Gasteiger partial charge in [-0.2, -0.15) is 0 Å². The predicted octanol–water partition coefficient (Wildman–Crippen LogP) is 2.05. The van der Waals surface area contributed by atoms with E-state index in [1.807, 2.05) is 0 Å². The molecule has 5 nitrogen and oxygen atoms in total. The highest BCUT2D eigenvalue weighted by Gasteiger charge is 2.20. The van der Waals surface area contributed by atoms with E-state index in [0.29, 0.717) is 27.2 Å². The zero-order chi connectivity index (χ0) is 16.6. The molecular weight excluding hydrogens is 316 g/mol. The minimum Gasteiger partial charge on any atom is -0.550 e. The van der Waals surface area contributed by atoms with Crippen LogP contribution in [-0.4, -0.2) is 21.7 Å². The third-order valence-electron chi connectivity index (χ3n) is 3.54. The Kier molecular flexibility index (Phi) is 3.88. The number of aromatic nitrogens is 2. The van der Waals surface area contributed by atoms with Crippen LogP contribution in [0.1, 0.15) is 27.4 Å². The smallest absolute Gasteiger partial charge is 0.227 e. The fourth-order valence-electron chi connectivity index (χ4n) is 2.54. The van der Waals surface area contributed by atoms with Crippen molar-refractivity contribution in [3.8, 4) is 0 Å². The molecule has 0 fully saturated rings. The number of rotatable bonds is 4. The van der Waals surface area contributed by atoms with Gasteiger partial charge in [-0.05, 0) is 42.8 Å². The van der Waals surface area contributed by atoms with Crippen molar-refractivity contribution < 1.29 is 14.7 Å². The standard InChI is InChI=1S/C17H13ClN2O3/c1-9-3-2-4-14(19-9)17(23)16-12(8-15(21)22)11-7-10(18)5-6-13(11)20-16/h2-7,20H,8H2,1H3,(H,21,22)/p-1. The van der Waals surface area contributed by atoms with Crippen LogP contribution in [0.25, 0.3) is 10.9 Å². The van der Waals surface area contributed by atoms with Crippen LogP contribution in [0, 0.1) is 6.92 Å². The number of hydrogen-bond acceptors (Lipinski definition) is 4. The third kappa shape index (κ3) is 2.96. The number of aliphatic carboxylic acids is 1. The number of aromatic amines is 1. The maximum absolute atomic E-state index is 12.7. The lowest BCUT2D eigenvalue weighted by molar-refractivity contribution is -0.304. The summed E-state index contributed by atoms with van der Waals surface area (Å²) in [5.41, 5.74) is 2.15. The molecule has 2 heterocycles. The molecule has 0 atom stereocenters. The van der Waals surface area contributed by atoms with E-state index in [1.165, 1.54) is 0 Å². The number of carbonyl (C=O) groups excluding carboxylic acids is 2. The van der Waals surface area contributed by atoms with Crippen LogP contribution in [0.3, 0.4) is 0 Å². The zero-order valence-corrected chi connectivity index (χ0v) is 13.0. The Bertz CT molecular complexity index is 931. The second-order valence-electron chi connectivity index (χ2n) is 5.21. The first-order chi connectivity index (χ1) is 11.0. The number of nitrogens with zero attached hydrogens (tertiary/aromatic N) is 1. The summed E-state index contributed by atoms with van der Waals surface area (Å²) in [6, 6.07) is 10.1. The van der Waals surface area contributed by atoms with Crippen molar-refractivity contribution in [3.63, 3.8) is 0 Å². The summed E-state index contributed by atoms with van der Waals surface area (Å²) in [5, 5.41) is 12.1. The first-order valence-electron chi connectivity index (χ1n) is 6.94. The molecule has 0 radical (unpaired) electrons. The molecule has 116 valence electrons. The normalized spacial score (nSPS) is 10.9. The molecule has 0 spiro atoms. The Morgan fingerprint density at radius 3 is 2.74 bits per heavy atom. The number of carboxylic acids is 1. The van der Waals surface area contributed by atoms with Crippen LogP contribution < -0.4 is 5.11 Å². The number of carboxylic acid groups (broad SMARTS) is 1. The highest BCUT2D eigenvalue weighted by Crippen LogP contribution is 2.27. The van der Waals surface area contributed by atoms with Gasteiger partial charge in [-0.25, -0.2) is 4.98 Å². The van der Waals surface area contributed by atoms with E-state index in [1.54, 1.807) is 43.3 Å². The summed E-state index contributed by atoms with van der Waals surface area (Å²) >= 11 is 5.98. The van der Waals surface area contributed by atoms with Gasteiger partial charge >= 0.3 is 0 Å². The molecule has 0 aliphatic heterocycles. The quantitative estimate of drug-likeness (QED) is 0.743. The van der Waals surface area contributed by atoms with Crippen molar-refractivity contribution in [2.75, 3.05) is 0 Å². The zero-order valence-electron chi connectivity index (χ0n) is 12.2. The second-order valence-corrected chi connectivity index (χ2v) is 5.65. The van der Waals surface area contributed by atoms with Crippen molar-refractivity contribution in [3.05, 3.63) is 64.1 Å². The van der Waals surface area contributed by atoms with Gasteiger partial charge in [-0.3, -0.25) is 4.79 Å². The summed E-state index contributed by atoms with van der Waals surface area (Å²) in [5.74, 6) is -1.63. The summed E-state index contributed by atoms with van der Waals surface area (Å²) in [4.78, 5) is 31.0. The van der Waals surface area contributed by atoms with E-state index in [-0.39, 0.29) is 23.6 Å². The van der Waals surface area contributed by atoms with Gasteiger partial charge < -0.3 is 14.9 Å². The fourth-order valence-corrected chi connectivity index (χ4v) is 2.71. The van der Waals surface area contributed by atoms with Crippen LogP contribution in [0.2, 0.25) is 5.02 Å². The molecule has 0 saturated carbocycles. The summed E-state index contributed by atoms with van der Waals surface area (Å²) in [7, 11) is 0. The lowest BCUT2D eigenvalue weighted by Gasteiger charge is -2.05. The van der Waals surface area contributed by atoms with E-state index in [9.17, 15) is 14.7 Å². The maximum atomic E-state index is 12.7. The maximum Gasteiger partial charge on any atom is 0.227 e. The molecule has 0 saturated heterocycles. The topological polar surface area (TPSA) is 85.9 Å². The monoisotopic (exact) mass is 327 g/mol. The Hall–Kier alpha value is -2.66. The van der Waals surface area contributed by atoms with Gasteiger partial charge in [0.05, 0.1) is 5.69 Å². The summed E-state index contributed by atoms with van der Waals surface area (Å²) < 4.78 is 0. The molecule has 0 unspecified atom stereocenters. The van der Waals surface area contributed by atoms with Crippen molar-refractivity contribution >= 4 is 34.3 Å². The number of benzene rings is 1. The molecule has 2 aromatic heterocycles.